The molecule has 0 radical (unpaired) electrons. The fraction of sp³-hybridized carbons (Fsp3) is 0.619. The summed E-state index contributed by atoms with van der Waals surface area (Å²) in [5.41, 5.74) is 1.36. The second-order valence-corrected chi connectivity index (χ2v) is 7.48. The van der Waals surface area contributed by atoms with Gasteiger partial charge < -0.3 is 9.84 Å². The van der Waals surface area contributed by atoms with Gasteiger partial charge in [-0.2, -0.15) is 0 Å². The molecule has 0 saturated heterocycles. The Labute approximate surface area is 144 Å². The van der Waals surface area contributed by atoms with E-state index >= 15 is 0 Å². The smallest absolute Gasteiger partial charge is 0.127 e. The fourth-order valence-corrected chi connectivity index (χ4v) is 3.83. The van der Waals surface area contributed by atoms with Crippen LogP contribution in [0.5, 0.6) is 11.5 Å². The minimum absolute atomic E-state index is 0.00448. The third-order valence-electron chi connectivity index (χ3n) is 5.13. The van der Waals surface area contributed by atoms with Crippen molar-refractivity contribution in [2.75, 3.05) is 0 Å². The van der Waals surface area contributed by atoms with Crippen LogP contribution < -0.4 is 4.74 Å². The third kappa shape index (κ3) is 3.13. The molecular formula is C21H30O2. The molecule has 1 N–H and O–H groups in total. The summed E-state index contributed by atoms with van der Waals surface area (Å²) in [7, 11) is 0. The van der Waals surface area contributed by atoms with Crippen LogP contribution in [0.4, 0.5) is 0 Å². The molecule has 0 amide bonds. The van der Waals surface area contributed by atoms with Crippen molar-refractivity contribution >= 4 is 0 Å². The van der Waals surface area contributed by atoms with Crippen molar-refractivity contribution < 1.29 is 14.0 Å². The molecule has 2 heteroatoms. The number of phenolic OH excluding ortho intramolecular Hbond substituents is 1. The monoisotopic (exact) mass is 317 g/mol. The molecule has 126 valence electrons. The van der Waals surface area contributed by atoms with Gasteiger partial charge in [-0.1, -0.05) is 31.4 Å². The van der Waals surface area contributed by atoms with Crippen LogP contribution in [-0.4, -0.2) is 10.7 Å². The number of allylic oxidation sites excluding steroid dienone is 2. The molecule has 2 nitrogen and oxygen atoms in total. The molecule has 0 fully saturated rings. The van der Waals surface area contributed by atoms with Crippen molar-refractivity contribution in [2.45, 2.75) is 77.7 Å². The average Bonchev–Trinajstić information content (AvgIpc) is 2.54. The molecule has 1 aliphatic heterocycles. The summed E-state index contributed by atoms with van der Waals surface area (Å²) in [6.45, 7) is 8.06. The van der Waals surface area contributed by atoms with Crippen LogP contribution in [-0.2, 0) is 6.42 Å². The van der Waals surface area contributed by atoms with Gasteiger partial charge in [0.2, 0.25) is 0 Å². The van der Waals surface area contributed by atoms with Crippen LogP contribution in [0.15, 0.2) is 23.7 Å². The SMILES string of the molecule is [2H]c1c(O)c2c(c([2H])c1CCCCC)OC(C)(C)[C@@H]1CCC(C)=C[C@@]21[2H]. The van der Waals surface area contributed by atoms with Gasteiger partial charge in [-0.3, -0.25) is 0 Å². The second-order valence-electron chi connectivity index (χ2n) is 7.48. The third-order valence-corrected chi connectivity index (χ3v) is 5.13. The molecule has 2 aliphatic rings. The van der Waals surface area contributed by atoms with Crippen molar-refractivity contribution in [1.29, 1.82) is 0 Å². The number of phenols is 1. The highest BCUT2D eigenvalue weighted by Crippen LogP contribution is 2.53. The van der Waals surface area contributed by atoms with Gasteiger partial charge >= 0.3 is 0 Å². The number of unbranched alkanes of at least 4 members (excludes halogenated alkanes) is 2. The summed E-state index contributed by atoms with van der Waals surface area (Å²) in [5.74, 6) is -1.16. The van der Waals surface area contributed by atoms with Crippen LogP contribution in [0.1, 0.15) is 80.9 Å². The van der Waals surface area contributed by atoms with E-state index in [0.717, 1.165) is 37.7 Å². The lowest BCUT2D eigenvalue weighted by Gasteiger charge is -2.46. The fourth-order valence-electron chi connectivity index (χ4n) is 3.83. The maximum atomic E-state index is 10.9. The second kappa shape index (κ2) is 6.22. The molecule has 1 aromatic carbocycles. The molecular weight excluding hydrogens is 284 g/mol. The van der Waals surface area contributed by atoms with Crippen molar-refractivity contribution in [3.05, 3.63) is 34.9 Å². The highest BCUT2D eigenvalue weighted by Gasteiger charge is 2.45. The highest BCUT2D eigenvalue weighted by atomic mass is 16.5. The Morgan fingerprint density at radius 2 is 2.17 bits per heavy atom. The molecule has 0 bridgehead atoms. The minimum atomic E-state index is -1.16. The largest absolute Gasteiger partial charge is 0.507 e. The Hall–Kier alpha value is -1.44. The summed E-state index contributed by atoms with van der Waals surface area (Å²) in [6, 6.07) is 0.170. The normalized spacial score (nSPS) is 30.2. The number of fused-ring (bicyclic) bond motifs is 3. The van der Waals surface area contributed by atoms with E-state index in [0.29, 0.717) is 23.3 Å². The summed E-state index contributed by atoms with van der Waals surface area (Å²) < 4.78 is 32.5. The van der Waals surface area contributed by atoms with Gasteiger partial charge in [0.05, 0.1) is 2.74 Å². The van der Waals surface area contributed by atoms with Crippen LogP contribution in [0, 0.1) is 5.92 Å². The number of aromatic hydroxyl groups is 1. The van der Waals surface area contributed by atoms with E-state index in [9.17, 15) is 6.48 Å². The number of hydrogen-bond donors (Lipinski definition) is 1. The zero-order valence-electron chi connectivity index (χ0n) is 17.8. The van der Waals surface area contributed by atoms with Gasteiger partial charge in [0.15, 0.2) is 0 Å². The predicted molar refractivity (Wildman–Crippen MR) is 95.3 cm³/mol. The lowest BCUT2D eigenvalue weighted by Crippen LogP contribution is -2.45. The highest BCUT2D eigenvalue weighted by molar-refractivity contribution is 5.53. The lowest BCUT2D eigenvalue weighted by molar-refractivity contribution is 0.0107. The number of benzene rings is 1. The lowest BCUT2D eigenvalue weighted by atomic mass is 9.68. The van der Waals surface area contributed by atoms with Gasteiger partial charge in [0.25, 0.3) is 0 Å². The summed E-state index contributed by atoms with van der Waals surface area (Å²) in [4.78, 5) is 0. The predicted octanol–water partition coefficient (Wildman–Crippen LogP) is 5.74. The van der Waals surface area contributed by atoms with E-state index in [1.807, 2.05) is 26.8 Å². The van der Waals surface area contributed by atoms with E-state index in [2.05, 4.69) is 6.92 Å². The molecule has 2 atom stereocenters. The Bertz CT molecular complexity index is 754. The molecule has 0 saturated carbocycles. The van der Waals surface area contributed by atoms with Gasteiger partial charge in [-0.05, 0) is 64.1 Å². The topological polar surface area (TPSA) is 29.5 Å². The maximum Gasteiger partial charge on any atom is 0.127 e. The van der Waals surface area contributed by atoms with Gasteiger partial charge in [-0.25, -0.2) is 0 Å². The summed E-state index contributed by atoms with van der Waals surface area (Å²) in [6.07, 6.45) is 7.15. The molecule has 23 heavy (non-hydrogen) atoms. The van der Waals surface area contributed by atoms with Gasteiger partial charge in [-0.15, -0.1) is 0 Å². The Morgan fingerprint density at radius 1 is 1.39 bits per heavy atom. The summed E-state index contributed by atoms with van der Waals surface area (Å²) >= 11 is 0. The van der Waals surface area contributed by atoms with Crippen LogP contribution in [0.2, 0.25) is 0 Å². The first kappa shape index (κ1) is 12.9. The number of rotatable bonds is 4. The Morgan fingerprint density at radius 3 is 2.91 bits per heavy atom. The summed E-state index contributed by atoms with van der Waals surface area (Å²) in [5, 5.41) is 10.9. The first-order valence-electron chi connectivity index (χ1n) is 10.4. The van der Waals surface area contributed by atoms with E-state index in [4.69, 9.17) is 7.48 Å². The van der Waals surface area contributed by atoms with E-state index in [1.54, 1.807) is 0 Å². The van der Waals surface area contributed by atoms with Crippen LogP contribution in [0.3, 0.4) is 0 Å². The van der Waals surface area contributed by atoms with Crippen molar-refractivity contribution in [1.82, 2.24) is 0 Å². The van der Waals surface area contributed by atoms with Gasteiger partial charge in [0.1, 0.15) is 17.1 Å². The van der Waals surface area contributed by atoms with Crippen LogP contribution >= 0.6 is 0 Å². The number of hydrogen-bond acceptors (Lipinski definition) is 2. The minimum Gasteiger partial charge on any atom is -0.507 e. The molecule has 0 spiro atoms. The quantitative estimate of drug-likeness (QED) is 0.567. The van der Waals surface area contributed by atoms with E-state index < -0.39 is 11.5 Å². The van der Waals surface area contributed by atoms with Crippen LogP contribution in [0.25, 0.3) is 0 Å². The van der Waals surface area contributed by atoms with Crippen molar-refractivity contribution in [2.24, 2.45) is 5.92 Å². The first-order chi connectivity index (χ1) is 12.1. The molecule has 1 heterocycles. The molecule has 3 rings (SSSR count). The average molecular weight is 317 g/mol. The maximum absolute atomic E-state index is 10.9. The first-order valence-corrected chi connectivity index (χ1v) is 8.86. The van der Waals surface area contributed by atoms with Crippen molar-refractivity contribution in [3.8, 4) is 11.5 Å². The molecule has 1 aromatic rings. The van der Waals surface area contributed by atoms with Crippen molar-refractivity contribution in [3.63, 3.8) is 0 Å². The zero-order valence-corrected chi connectivity index (χ0v) is 14.8. The van der Waals surface area contributed by atoms with E-state index in [1.165, 1.54) is 0 Å². The van der Waals surface area contributed by atoms with E-state index in [-0.39, 0.29) is 23.8 Å². The Kier molecular flexibility index (Phi) is 3.49. The molecule has 0 aromatic heterocycles. The molecule has 0 unspecified atom stereocenters. The molecule has 1 aliphatic carbocycles. The number of ether oxygens (including phenoxy) is 1. The Balaban J connectivity index is 2.22. The van der Waals surface area contributed by atoms with Gasteiger partial charge in [0, 0.05) is 18.7 Å². The zero-order chi connectivity index (χ0) is 19.3. The standard InChI is InChI=1S/C21H30O2/c1-5-6-7-8-15-12-18(22)20-16-11-14(2)9-10-17(16)21(3,4)23-19(20)13-15/h11-13,16-17,22H,5-10H2,1-4H3/t16-,17-/m1/s1/i12D,13D,16D.